The Bertz CT molecular complexity index is 377. The zero-order valence-electron chi connectivity index (χ0n) is 10.7. The highest BCUT2D eigenvalue weighted by atomic mass is 32.1. The van der Waals surface area contributed by atoms with Crippen LogP contribution in [0.2, 0.25) is 0 Å². The number of thiazole rings is 1. The highest BCUT2D eigenvalue weighted by Gasteiger charge is 2.19. The van der Waals surface area contributed by atoms with Crippen LogP contribution in [0.3, 0.4) is 0 Å². The van der Waals surface area contributed by atoms with E-state index in [9.17, 15) is 4.79 Å². The monoisotopic (exact) mass is 240 g/mol. The number of aromatic nitrogens is 1. The van der Waals surface area contributed by atoms with Gasteiger partial charge in [0.15, 0.2) is 0 Å². The molecule has 0 aromatic carbocycles. The van der Waals surface area contributed by atoms with Crippen LogP contribution in [-0.4, -0.2) is 16.4 Å². The van der Waals surface area contributed by atoms with Crippen molar-refractivity contribution < 1.29 is 4.79 Å². The predicted octanol–water partition coefficient (Wildman–Crippen LogP) is 2.93. The van der Waals surface area contributed by atoms with Crippen LogP contribution in [0, 0.1) is 6.92 Å². The second-order valence-electron chi connectivity index (χ2n) is 4.98. The van der Waals surface area contributed by atoms with Crippen molar-refractivity contribution in [3.8, 4) is 0 Å². The van der Waals surface area contributed by atoms with Crippen LogP contribution < -0.4 is 5.32 Å². The molecule has 0 aliphatic heterocycles. The zero-order valence-corrected chi connectivity index (χ0v) is 11.5. The SMILES string of the molecule is CCCc1nc(C)c(C(=O)NC(C)(C)C)s1. The number of aryl methyl sites for hydroxylation is 2. The third kappa shape index (κ3) is 3.59. The molecule has 1 amide bonds. The highest BCUT2D eigenvalue weighted by molar-refractivity contribution is 7.13. The molecule has 1 heterocycles. The van der Waals surface area contributed by atoms with Crippen molar-refractivity contribution in [1.82, 2.24) is 10.3 Å². The Kier molecular flexibility index (Phi) is 4.08. The Morgan fingerprint density at radius 3 is 2.56 bits per heavy atom. The van der Waals surface area contributed by atoms with Gasteiger partial charge in [0.2, 0.25) is 0 Å². The van der Waals surface area contributed by atoms with Gasteiger partial charge in [-0.3, -0.25) is 4.79 Å². The molecule has 0 spiro atoms. The third-order valence-corrected chi connectivity index (χ3v) is 3.22. The number of hydrogen-bond donors (Lipinski definition) is 1. The predicted molar refractivity (Wildman–Crippen MR) is 68.1 cm³/mol. The van der Waals surface area contributed by atoms with Gasteiger partial charge in [0.1, 0.15) is 4.88 Å². The first kappa shape index (κ1) is 13.2. The molecule has 90 valence electrons. The van der Waals surface area contributed by atoms with Crippen LogP contribution in [0.4, 0.5) is 0 Å². The lowest BCUT2D eigenvalue weighted by molar-refractivity contribution is 0.0923. The maximum absolute atomic E-state index is 12.0. The number of carbonyl (C=O) groups excluding carboxylic acids is 1. The molecule has 0 fully saturated rings. The first-order valence-electron chi connectivity index (χ1n) is 5.62. The highest BCUT2D eigenvalue weighted by Crippen LogP contribution is 2.20. The fourth-order valence-corrected chi connectivity index (χ4v) is 2.44. The van der Waals surface area contributed by atoms with Gasteiger partial charge in [-0.05, 0) is 40.5 Å². The summed E-state index contributed by atoms with van der Waals surface area (Å²) >= 11 is 1.51. The number of amides is 1. The second-order valence-corrected chi connectivity index (χ2v) is 6.06. The molecule has 0 bridgehead atoms. The number of carbonyl (C=O) groups is 1. The fraction of sp³-hybridized carbons (Fsp3) is 0.667. The Morgan fingerprint density at radius 2 is 2.06 bits per heavy atom. The van der Waals surface area contributed by atoms with Gasteiger partial charge in [0.25, 0.3) is 5.91 Å². The molecule has 1 rings (SSSR count). The summed E-state index contributed by atoms with van der Waals surface area (Å²) in [5, 5.41) is 4.02. The first-order valence-corrected chi connectivity index (χ1v) is 6.44. The van der Waals surface area contributed by atoms with E-state index in [1.807, 2.05) is 27.7 Å². The average molecular weight is 240 g/mol. The van der Waals surface area contributed by atoms with Crippen molar-refractivity contribution in [3.05, 3.63) is 15.6 Å². The molecule has 0 saturated carbocycles. The molecule has 3 nitrogen and oxygen atoms in total. The van der Waals surface area contributed by atoms with E-state index < -0.39 is 0 Å². The molecule has 16 heavy (non-hydrogen) atoms. The lowest BCUT2D eigenvalue weighted by atomic mass is 10.1. The van der Waals surface area contributed by atoms with E-state index >= 15 is 0 Å². The first-order chi connectivity index (χ1) is 7.33. The summed E-state index contributed by atoms with van der Waals surface area (Å²) in [5.74, 6) is -0.00940. The summed E-state index contributed by atoms with van der Waals surface area (Å²) in [5.41, 5.74) is 0.647. The number of rotatable bonds is 3. The summed E-state index contributed by atoms with van der Waals surface area (Å²) in [6.07, 6.45) is 2.02. The molecule has 0 unspecified atom stereocenters. The van der Waals surface area contributed by atoms with Gasteiger partial charge < -0.3 is 5.32 Å². The minimum absolute atomic E-state index is 0.00940. The van der Waals surface area contributed by atoms with Gasteiger partial charge in [0, 0.05) is 5.54 Å². The van der Waals surface area contributed by atoms with Gasteiger partial charge in [-0.15, -0.1) is 11.3 Å². The van der Waals surface area contributed by atoms with E-state index in [1.165, 1.54) is 11.3 Å². The zero-order chi connectivity index (χ0) is 12.3. The van der Waals surface area contributed by atoms with E-state index in [2.05, 4.69) is 17.2 Å². The molecule has 1 N–H and O–H groups in total. The molecular weight excluding hydrogens is 220 g/mol. The number of hydrogen-bond acceptors (Lipinski definition) is 3. The van der Waals surface area contributed by atoms with Crippen LogP contribution in [0.25, 0.3) is 0 Å². The van der Waals surface area contributed by atoms with Gasteiger partial charge in [-0.1, -0.05) is 6.92 Å². The maximum atomic E-state index is 12.0. The van der Waals surface area contributed by atoms with Crippen LogP contribution >= 0.6 is 11.3 Å². The smallest absolute Gasteiger partial charge is 0.263 e. The lowest BCUT2D eigenvalue weighted by Gasteiger charge is -2.19. The topological polar surface area (TPSA) is 42.0 Å². The van der Waals surface area contributed by atoms with Crippen LogP contribution in [0.5, 0.6) is 0 Å². The molecular formula is C12H20N2OS. The third-order valence-electron chi connectivity index (χ3n) is 2.00. The molecule has 4 heteroatoms. The Labute approximate surface area is 101 Å². The van der Waals surface area contributed by atoms with E-state index in [0.29, 0.717) is 0 Å². The molecule has 1 aromatic rings. The van der Waals surface area contributed by atoms with Crippen molar-refractivity contribution in [3.63, 3.8) is 0 Å². The van der Waals surface area contributed by atoms with Crippen molar-refractivity contribution in [2.75, 3.05) is 0 Å². The van der Waals surface area contributed by atoms with E-state index in [4.69, 9.17) is 0 Å². The molecule has 0 radical (unpaired) electrons. The van der Waals surface area contributed by atoms with Crippen molar-refractivity contribution in [1.29, 1.82) is 0 Å². The summed E-state index contributed by atoms with van der Waals surface area (Å²) in [4.78, 5) is 17.1. The summed E-state index contributed by atoms with van der Waals surface area (Å²) in [7, 11) is 0. The number of nitrogens with one attached hydrogen (secondary N) is 1. The van der Waals surface area contributed by atoms with Crippen LogP contribution in [0.1, 0.15) is 54.5 Å². The van der Waals surface area contributed by atoms with Crippen molar-refractivity contribution >= 4 is 17.2 Å². The molecule has 0 atom stereocenters. The molecule has 0 aliphatic rings. The van der Waals surface area contributed by atoms with Gasteiger partial charge in [-0.2, -0.15) is 0 Å². The largest absolute Gasteiger partial charge is 0.347 e. The van der Waals surface area contributed by atoms with E-state index in [-0.39, 0.29) is 11.4 Å². The fourth-order valence-electron chi connectivity index (χ4n) is 1.38. The second kappa shape index (κ2) is 4.95. The van der Waals surface area contributed by atoms with E-state index in [1.54, 1.807) is 0 Å². The molecule has 0 aliphatic carbocycles. The standard InChI is InChI=1S/C12H20N2OS/c1-6-7-9-13-8(2)10(16-9)11(15)14-12(3,4)5/h6-7H2,1-5H3,(H,14,15). The average Bonchev–Trinajstić information content (AvgIpc) is 2.44. The Balaban J connectivity index is 2.83. The lowest BCUT2D eigenvalue weighted by Crippen LogP contribution is -2.40. The van der Waals surface area contributed by atoms with Gasteiger partial charge in [0.05, 0.1) is 10.7 Å². The van der Waals surface area contributed by atoms with Crippen LogP contribution in [0.15, 0.2) is 0 Å². The molecule has 0 saturated heterocycles. The summed E-state index contributed by atoms with van der Waals surface area (Å²) in [6, 6.07) is 0. The normalized spacial score (nSPS) is 11.6. The minimum Gasteiger partial charge on any atom is -0.347 e. The summed E-state index contributed by atoms with van der Waals surface area (Å²) < 4.78 is 0. The Morgan fingerprint density at radius 1 is 1.44 bits per heavy atom. The quantitative estimate of drug-likeness (QED) is 0.882. The van der Waals surface area contributed by atoms with Gasteiger partial charge in [-0.25, -0.2) is 4.98 Å². The van der Waals surface area contributed by atoms with Gasteiger partial charge >= 0.3 is 0 Å². The molecule has 1 aromatic heterocycles. The van der Waals surface area contributed by atoms with Crippen LogP contribution in [-0.2, 0) is 6.42 Å². The Hall–Kier alpha value is -0.900. The van der Waals surface area contributed by atoms with Crippen molar-refractivity contribution in [2.24, 2.45) is 0 Å². The minimum atomic E-state index is -0.196. The van der Waals surface area contributed by atoms with Crippen molar-refractivity contribution in [2.45, 2.75) is 53.0 Å². The van der Waals surface area contributed by atoms with E-state index in [0.717, 1.165) is 28.4 Å². The maximum Gasteiger partial charge on any atom is 0.263 e. The summed E-state index contributed by atoms with van der Waals surface area (Å²) in [6.45, 7) is 9.95. The number of nitrogens with zero attached hydrogens (tertiary/aromatic N) is 1.